The van der Waals surface area contributed by atoms with E-state index in [1.54, 1.807) is 36.4 Å². The summed E-state index contributed by atoms with van der Waals surface area (Å²) in [4.78, 5) is 25.2. The molecule has 0 aromatic heterocycles. The Morgan fingerprint density at radius 3 is 2.39 bits per heavy atom. The molecule has 148 valence electrons. The molecule has 0 radical (unpaired) electrons. The highest BCUT2D eigenvalue weighted by atomic mass is 32.2. The number of para-hydroxylation sites is 1. The van der Waals surface area contributed by atoms with E-state index < -0.39 is 15.7 Å². The number of benzene rings is 2. The predicted molar refractivity (Wildman–Crippen MR) is 105 cm³/mol. The molecule has 1 aliphatic heterocycles. The number of carbonyl (C=O) groups excluding carboxylic acids is 2. The molecular formula is C20H22N2O5S. The molecule has 1 atom stereocenters. The SMILES string of the molecule is CS(=O)(=O)c1ccccc1C(=O)Nc1ccccc1C(=O)NCC1CCCO1. The minimum Gasteiger partial charge on any atom is -0.376 e. The van der Waals surface area contributed by atoms with Gasteiger partial charge < -0.3 is 15.4 Å². The minimum atomic E-state index is -3.57. The van der Waals surface area contributed by atoms with E-state index in [-0.39, 0.29) is 22.5 Å². The Morgan fingerprint density at radius 1 is 1.04 bits per heavy atom. The fraction of sp³-hybridized carbons (Fsp3) is 0.300. The van der Waals surface area contributed by atoms with Crippen molar-refractivity contribution >= 4 is 27.3 Å². The summed E-state index contributed by atoms with van der Waals surface area (Å²) in [5.74, 6) is -0.928. The summed E-state index contributed by atoms with van der Waals surface area (Å²) in [6.07, 6.45) is 2.94. The van der Waals surface area contributed by atoms with E-state index >= 15 is 0 Å². The average Bonchev–Trinajstić information content (AvgIpc) is 3.19. The number of ether oxygens (including phenoxy) is 1. The standard InChI is InChI=1S/C20H22N2O5S/c1-28(25,26)18-11-5-3-9-16(18)20(24)22-17-10-4-2-8-15(17)19(23)21-13-14-7-6-12-27-14/h2-5,8-11,14H,6-7,12-13H2,1H3,(H,21,23)(H,22,24). The molecule has 0 bridgehead atoms. The summed E-state index contributed by atoms with van der Waals surface area (Å²) in [7, 11) is -3.57. The first-order valence-electron chi connectivity index (χ1n) is 8.95. The van der Waals surface area contributed by atoms with Crippen molar-refractivity contribution in [3.63, 3.8) is 0 Å². The van der Waals surface area contributed by atoms with Crippen molar-refractivity contribution in [2.24, 2.45) is 0 Å². The van der Waals surface area contributed by atoms with Crippen molar-refractivity contribution in [1.82, 2.24) is 5.32 Å². The second-order valence-electron chi connectivity index (χ2n) is 6.61. The first kappa shape index (κ1) is 20.0. The number of amides is 2. The topological polar surface area (TPSA) is 102 Å². The Bertz CT molecular complexity index is 982. The zero-order valence-corrected chi connectivity index (χ0v) is 16.3. The molecule has 1 aliphatic rings. The van der Waals surface area contributed by atoms with E-state index in [2.05, 4.69) is 10.6 Å². The van der Waals surface area contributed by atoms with Crippen LogP contribution >= 0.6 is 0 Å². The molecular weight excluding hydrogens is 380 g/mol. The highest BCUT2D eigenvalue weighted by molar-refractivity contribution is 7.90. The van der Waals surface area contributed by atoms with Gasteiger partial charge in [-0.2, -0.15) is 0 Å². The third-order valence-electron chi connectivity index (χ3n) is 4.47. The van der Waals surface area contributed by atoms with Gasteiger partial charge in [0, 0.05) is 19.4 Å². The van der Waals surface area contributed by atoms with Crippen molar-refractivity contribution in [1.29, 1.82) is 0 Å². The molecule has 2 aromatic rings. The minimum absolute atomic E-state index is 0.00680. The van der Waals surface area contributed by atoms with Gasteiger partial charge in [0.05, 0.1) is 27.8 Å². The van der Waals surface area contributed by atoms with Crippen LogP contribution in [0.3, 0.4) is 0 Å². The van der Waals surface area contributed by atoms with Gasteiger partial charge in [-0.1, -0.05) is 24.3 Å². The molecule has 7 nitrogen and oxygen atoms in total. The number of sulfone groups is 1. The fourth-order valence-electron chi connectivity index (χ4n) is 3.06. The lowest BCUT2D eigenvalue weighted by Gasteiger charge is -2.14. The summed E-state index contributed by atoms with van der Waals surface area (Å²) in [5.41, 5.74) is 0.630. The zero-order chi connectivity index (χ0) is 20.1. The lowest BCUT2D eigenvalue weighted by Crippen LogP contribution is -2.32. The molecule has 1 heterocycles. The highest BCUT2D eigenvalue weighted by Crippen LogP contribution is 2.20. The van der Waals surface area contributed by atoms with Gasteiger partial charge in [0.2, 0.25) is 0 Å². The van der Waals surface area contributed by atoms with Crippen LogP contribution in [-0.2, 0) is 14.6 Å². The monoisotopic (exact) mass is 402 g/mol. The van der Waals surface area contributed by atoms with Gasteiger partial charge in [-0.05, 0) is 37.1 Å². The quantitative estimate of drug-likeness (QED) is 0.772. The Balaban J connectivity index is 1.78. The zero-order valence-electron chi connectivity index (χ0n) is 15.5. The van der Waals surface area contributed by atoms with Gasteiger partial charge >= 0.3 is 0 Å². The van der Waals surface area contributed by atoms with Crippen molar-refractivity contribution in [2.75, 3.05) is 24.7 Å². The molecule has 8 heteroatoms. The fourth-order valence-corrected chi connectivity index (χ4v) is 3.95. The maximum atomic E-state index is 12.7. The maximum Gasteiger partial charge on any atom is 0.257 e. The van der Waals surface area contributed by atoms with Crippen LogP contribution in [0.5, 0.6) is 0 Å². The highest BCUT2D eigenvalue weighted by Gasteiger charge is 2.21. The molecule has 3 rings (SSSR count). The molecule has 1 unspecified atom stereocenters. The van der Waals surface area contributed by atoms with Crippen LogP contribution in [0.4, 0.5) is 5.69 Å². The lowest BCUT2D eigenvalue weighted by atomic mass is 10.1. The lowest BCUT2D eigenvalue weighted by molar-refractivity contribution is 0.0858. The van der Waals surface area contributed by atoms with Gasteiger partial charge in [0.25, 0.3) is 11.8 Å². The van der Waals surface area contributed by atoms with Crippen LogP contribution in [-0.4, -0.2) is 45.7 Å². The van der Waals surface area contributed by atoms with Gasteiger partial charge in [-0.15, -0.1) is 0 Å². The Morgan fingerprint density at radius 2 is 1.71 bits per heavy atom. The molecule has 0 saturated carbocycles. The predicted octanol–water partition coefficient (Wildman–Crippen LogP) is 2.25. The number of rotatable bonds is 6. The summed E-state index contributed by atoms with van der Waals surface area (Å²) >= 11 is 0. The van der Waals surface area contributed by atoms with E-state index in [1.807, 2.05) is 0 Å². The normalized spacial score (nSPS) is 16.5. The summed E-state index contributed by atoms with van der Waals surface area (Å²) in [5, 5.41) is 5.47. The van der Waals surface area contributed by atoms with E-state index in [0.717, 1.165) is 19.1 Å². The molecule has 2 amide bonds. The van der Waals surface area contributed by atoms with Crippen LogP contribution in [0.25, 0.3) is 0 Å². The van der Waals surface area contributed by atoms with E-state index in [1.165, 1.54) is 12.1 Å². The van der Waals surface area contributed by atoms with E-state index in [0.29, 0.717) is 24.4 Å². The molecule has 0 aliphatic carbocycles. The number of hydrogen-bond acceptors (Lipinski definition) is 5. The maximum absolute atomic E-state index is 12.7. The second kappa shape index (κ2) is 8.53. The molecule has 2 N–H and O–H groups in total. The smallest absolute Gasteiger partial charge is 0.257 e. The Labute approximate surface area is 164 Å². The van der Waals surface area contributed by atoms with Crippen LogP contribution in [0, 0.1) is 0 Å². The third kappa shape index (κ3) is 4.76. The Kier molecular flexibility index (Phi) is 6.11. The molecule has 0 spiro atoms. The third-order valence-corrected chi connectivity index (χ3v) is 5.62. The summed E-state index contributed by atoms with van der Waals surface area (Å²) in [6, 6.07) is 12.5. The van der Waals surface area contributed by atoms with Gasteiger partial charge in [0.1, 0.15) is 0 Å². The second-order valence-corrected chi connectivity index (χ2v) is 8.60. The molecule has 1 fully saturated rings. The van der Waals surface area contributed by atoms with Crippen LogP contribution in [0.2, 0.25) is 0 Å². The number of nitrogens with one attached hydrogen (secondary N) is 2. The molecule has 28 heavy (non-hydrogen) atoms. The number of hydrogen-bond donors (Lipinski definition) is 2. The number of anilines is 1. The van der Waals surface area contributed by atoms with Crippen molar-refractivity contribution in [3.05, 3.63) is 59.7 Å². The molecule has 1 saturated heterocycles. The van der Waals surface area contributed by atoms with E-state index in [4.69, 9.17) is 4.74 Å². The average molecular weight is 402 g/mol. The largest absolute Gasteiger partial charge is 0.376 e. The van der Waals surface area contributed by atoms with Gasteiger partial charge in [0.15, 0.2) is 9.84 Å². The van der Waals surface area contributed by atoms with Crippen molar-refractivity contribution in [3.8, 4) is 0 Å². The molecule has 2 aromatic carbocycles. The van der Waals surface area contributed by atoms with Crippen LogP contribution in [0.15, 0.2) is 53.4 Å². The first-order valence-corrected chi connectivity index (χ1v) is 10.8. The summed E-state index contributed by atoms with van der Waals surface area (Å²) < 4.78 is 29.4. The Hall–Kier alpha value is -2.71. The summed E-state index contributed by atoms with van der Waals surface area (Å²) in [6.45, 7) is 1.10. The van der Waals surface area contributed by atoms with E-state index in [9.17, 15) is 18.0 Å². The van der Waals surface area contributed by atoms with Crippen molar-refractivity contribution in [2.45, 2.75) is 23.8 Å². The van der Waals surface area contributed by atoms with Crippen LogP contribution in [0.1, 0.15) is 33.6 Å². The number of carbonyl (C=O) groups is 2. The van der Waals surface area contributed by atoms with Crippen LogP contribution < -0.4 is 10.6 Å². The van der Waals surface area contributed by atoms with Gasteiger partial charge in [-0.25, -0.2) is 8.42 Å². The van der Waals surface area contributed by atoms with Crippen molar-refractivity contribution < 1.29 is 22.7 Å². The van der Waals surface area contributed by atoms with Gasteiger partial charge in [-0.3, -0.25) is 9.59 Å². The first-order chi connectivity index (χ1) is 13.4.